The molecule has 2 atom stereocenters. The molecule has 2 aromatic rings. The van der Waals surface area contributed by atoms with E-state index in [2.05, 4.69) is 15.2 Å². The molecule has 1 saturated carbocycles. The van der Waals surface area contributed by atoms with Crippen molar-refractivity contribution in [2.75, 3.05) is 6.54 Å². The van der Waals surface area contributed by atoms with Gasteiger partial charge in [-0.25, -0.2) is 4.98 Å². The van der Waals surface area contributed by atoms with Crippen molar-refractivity contribution < 1.29 is 0 Å². The summed E-state index contributed by atoms with van der Waals surface area (Å²) in [5.41, 5.74) is 6.74. The average molecular weight is 231 g/mol. The first-order valence-electron chi connectivity index (χ1n) is 6.25. The molecule has 2 N–H and O–H groups in total. The minimum Gasteiger partial charge on any atom is -0.330 e. The summed E-state index contributed by atoms with van der Waals surface area (Å²) < 4.78 is 2.00. The number of aromatic nitrogens is 4. The van der Waals surface area contributed by atoms with Gasteiger partial charge in [-0.1, -0.05) is 12.8 Å². The van der Waals surface area contributed by atoms with Crippen molar-refractivity contribution >= 4 is 5.65 Å². The molecule has 1 aliphatic rings. The molecule has 2 heterocycles. The molecule has 0 spiro atoms. The predicted molar refractivity (Wildman–Crippen MR) is 64.5 cm³/mol. The highest BCUT2D eigenvalue weighted by atomic mass is 15.3. The van der Waals surface area contributed by atoms with Crippen LogP contribution in [0.4, 0.5) is 0 Å². The number of nitrogens with zero attached hydrogens (tertiary/aromatic N) is 4. The van der Waals surface area contributed by atoms with E-state index in [9.17, 15) is 0 Å². The van der Waals surface area contributed by atoms with Crippen LogP contribution in [-0.4, -0.2) is 26.1 Å². The molecule has 0 bridgehead atoms. The molecule has 3 rings (SSSR count). The molecule has 0 aliphatic heterocycles. The van der Waals surface area contributed by atoms with E-state index in [0.29, 0.717) is 11.8 Å². The minimum atomic E-state index is 0.438. The summed E-state index contributed by atoms with van der Waals surface area (Å²) in [5.74, 6) is 2.01. The number of fused-ring (bicyclic) bond motifs is 1. The fraction of sp³-hybridized carbons (Fsp3) is 0.583. The Hall–Kier alpha value is -1.49. The number of rotatable bonds is 2. The Kier molecular flexibility index (Phi) is 2.76. The molecule has 0 aromatic carbocycles. The van der Waals surface area contributed by atoms with Crippen molar-refractivity contribution in [3.05, 3.63) is 24.4 Å². The lowest BCUT2D eigenvalue weighted by atomic mass is 9.79. The van der Waals surface area contributed by atoms with Crippen molar-refractivity contribution in [3.63, 3.8) is 0 Å². The number of hydrogen-bond donors (Lipinski definition) is 1. The van der Waals surface area contributed by atoms with Crippen molar-refractivity contribution in [1.82, 2.24) is 19.6 Å². The minimum absolute atomic E-state index is 0.438. The van der Waals surface area contributed by atoms with Crippen LogP contribution in [0.5, 0.6) is 0 Å². The second-order valence-corrected chi connectivity index (χ2v) is 4.75. The monoisotopic (exact) mass is 231 g/mol. The van der Waals surface area contributed by atoms with Gasteiger partial charge in [0.1, 0.15) is 12.2 Å². The van der Waals surface area contributed by atoms with Gasteiger partial charge < -0.3 is 5.73 Å². The van der Waals surface area contributed by atoms with Crippen molar-refractivity contribution in [2.45, 2.75) is 31.6 Å². The summed E-state index contributed by atoms with van der Waals surface area (Å²) in [7, 11) is 0. The molecule has 90 valence electrons. The van der Waals surface area contributed by atoms with Crippen LogP contribution in [0, 0.1) is 5.92 Å². The van der Waals surface area contributed by atoms with Crippen LogP contribution in [0.15, 0.2) is 18.6 Å². The fourth-order valence-electron chi connectivity index (χ4n) is 2.85. The molecule has 5 heteroatoms. The normalized spacial score (nSPS) is 25.2. The third-order valence-corrected chi connectivity index (χ3v) is 3.78. The van der Waals surface area contributed by atoms with Gasteiger partial charge in [-0.2, -0.15) is 0 Å². The summed E-state index contributed by atoms with van der Waals surface area (Å²) in [4.78, 5) is 4.14. The van der Waals surface area contributed by atoms with Crippen LogP contribution in [-0.2, 0) is 0 Å². The maximum atomic E-state index is 5.87. The molecular formula is C12H17N5. The zero-order valence-corrected chi connectivity index (χ0v) is 9.79. The largest absolute Gasteiger partial charge is 0.330 e. The van der Waals surface area contributed by atoms with E-state index >= 15 is 0 Å². The first-order chi connectivity index (χ1) is 8.40. The summed E-state index contributed by atoms with van der Waals surface area (Å²) in [6.45, 7) is 0.736. The SMILES string of the molecule is NCC1CCCCC1c1nnc2ccncn12. The van der Waals surface area contributed by atoms with Crippen LogP contribution in [0.25, 0.3) is 5.65 Å². The van der Waals surface area contributed by atoms with Crippen molar-refractivity contribution in [3.8, 4) is 0 Å². The van der Waals surface area contributed by atoms with Gasteiger partial charge in [0.25, 0.3) is 0 Å². The standard InChI is InChI=1S/C12H17N5/c13-7-9-3-1-2-4-10(9)12-16-15-11-5-6-14-8-17(11)12/h5-6,8-10H,1-4,7,13H2. The maximum Gasteiger partial charge on any atom is 0.163 e. The quantitative estimate of drug-likeness (QED) is 0.847. The van der Waals surface area contributed by atoms with E-state index in [4.69, 9.17) is 5.73 Å². The molecule has 2 aromatic heterocycles. The van der Waals surface area contributed by atoms with Gasteiger partial charge in [0, 0.05) is 18.2 Å². The van der Waals surface area contributed by atoms with Crippen LogP contribution < -0.4 is 5.73 Å². The first-order valence-corrected chi connectivity index (χ1v) is 6.25. The third kappa shape index (κ3) is 1.80. The molecule has 0 saturated heterocycles. The van der Waals surface area contributed by atoms with Crippen molar-refractivity contribution in [1.29, 1.82) is 0 Å². The molecule has 1 fully saturated rings. The third-order valence-electron chi connectivity index (χ3n) is 3.78. The van der Waals surface area contributed by atoms with Crippen molar-refractivity contribution in [2.24, 2.45) is 11.7 Å². The van der Waals surface area contributed by atoms with Gasteiger partial charge in [-0.05, 0) is 25.3 Å². The van der Waals surface area contributed by atoms with E-state index in [1.165, 1.54) is 19.3 Å². The zero-order valence-electron chi connectivity index (χ0n) is 9.79. The molecular weight excluding hydrogens is 214 g/mol. The van der Waals surface area contributed by atoms with Gasteiger partial charge in [-0.15, -0.1) is 10.2 Å². The van der Waals surface area contributed by atoms with Gasteiger partial charge in [0.2, 0.25) is 0 Å². The highest BCUT2D eigenvalue weighted by Gasteiger charge is 2.29. The molecule has 17 heavy (non-hydrogen) atoms. The molecule has 0 radical (unpaired) electrons. The smallest absolute Gasteiger partial charge is 0.163 e. The van der Waals surface area contributed by atoms with Gasteiger partial charge in [-0.3, -0.25) is 4.40 Å². The van der Waals surface area contributed by atoms with Gasteiger partial charge >= 0.3 is 0 Å². The highest BCUT2D eigenvalue weighted by molar-refractivity contribution is 5.36. The molecule has 2 unspecified atom stereocenters. The van der Waals surface area contributed by atoms with E-state index < -0.39 is 0 Å². The summed E-state index contributed by atoms with van der Waals surface area (Å²) >= 11 is 0. The Bertz CT molecular complexity index is 506. The highest BCUT2D eigenvalue weighted by Crippen LogP contribution is 2.36. The molecule has 5 nitrogen and oxygen atoms in total. The Morgan fingerprint density at radius 1 is 1.29 bits per heavy atom. The van der Waals surface area contributed by atoms with E-state index in [1.54, 1.807) is 12.5 Å². The maximum absolute atomic E-state index is 5.87. The van der Waals surface area contributed by atoms with Crippen LogP contribution in [0.1, 0.15) is 37.4 Å². The second-order valence-electron chi connectivity index (χ2n) is 4.75. The molecule has 1 aliphatic carbocycles. The Labute approximate surface area is 100 Å². The number of nitrogens with two attached hydrogens (primary N) is 1. The first kappa shape index (κ1) is 10.7. The van der Waals surface area contributed by atoms with Crippen LogP contribution >= 0.6 is 0 Å². The summed E-state index contributed by atoms with van der Waals surface area (Å²) in [6, 6.07) is 1.89. The lowest BCUT2D eigenvalue weighted by Crippen LogP contribution is -2.26. The Morgan fingerprint density at radius 3 is 3.06 bits per heavy atom. The van der Waals surface area contributed by atoms with E-state index in [-0.39, 0.29) is 0 Å². The van der Waals surface area contributed by atoms with E-state index in [0.717, 1.165) is 24.4 Å². The second kappa shape index (κ2) is 4.41. The van der Waals surface area contributed by atoms with E-state index in [1.807, 2.05) is 10.5 Å². The van der Waals surface area contributed by atoms with Crippen LogP contribution in [0.2, 0.25) is 0 Å². The van der Waals surface area contributed by atoms with Crippen LogP contribution in [0.3, 0.4) is 0 Å². The Morgan fingerprint density at radius 2 is 2.18 bits per heavy atom. The number of hydrogen-bond acceptors (Lipinski definition) is 4. The summed E-state index contributed by atoms with van der Waals surface area (Å²) in [5, 5.41) is 8.53. The topological polar surface area (TPSA) is 69.1 Å². The van der Waals surface area contributed by atoms with Gasteiger partial charge in [0.05, 0.1) is 0 Å². The zero-order chi connectivity index (χ0) is 11.7. The predicted octanol–water partition coefficient (Wildman–Crippen LogP) is 1.36. The molecule has 0 amide bonds. The average Bonchev–Trinajstić information content (AvgIpc) is 2.82. The Balaban J connectivity index is 2.01. The summed E-state index contributed by atoms with van der Waals surface area (Å²) in [6.07, 6.45) is 8.46. The van der Waals surface area contributed by atoms with Gasteiger partial charge in [0.15, 0.2) is 5.65 Å². The lowest BCUT2D eigenvalue weighted by Gasteiger charge is -2.29. The fourth-order valence-corrected chi connectivity index (χ4v) is 2.85. The lowest BCUT2D eigenvalue weighted by molar-refractivity contribution is 0.302.